The van der Waals surface area contributed by atoms with Crippen molar-refractivity contribution in [3.05, 3.63) is 52.8 Å². The van der Waals surface area contributed by atoms with E-state index >= 15 is 0 Å². The number of aliphatic imine (C=N–C) groups is 1. The summed E-state index contributed by atoms with van der Waals surface area (Å²) in [5.74, 6) is 2.33. The Hall–Kier alpha value is -1.74. The highest BCUT2D eigenvalue weighted by Gasteiger charge is 2.20. The van der Waals surface area contributed by atoms with Crippen molar-refractivity contribution in [1.82, 2.24) is 15.6 Å². The molecule has 1 aliphatic rings. The van der Waals surface area contributed by atoms with Gasteiger partial charge >= 0.3 is 0 Å². The lowest BCUT2D eigenvalue weighted by Gasteiger charge is -2.20. The molecule has 6 nitrogen and oxygen atoms in total. The van der Waals surface area contributed by atoms with Crippen LogP contribution in [0.15, 0.2) is 41.5 Å². The molecule has 3 rings (SSSR count). The van der Waals surface area contributed by atoms with Gasteiger partial charge in [-0.25, -0.2) is 9.98 Å². The van der Waals surface area contributed by atoms with Crippen LogP contribution in [-0.4, -0.2) is 30.7 Å². The number of nitrogens with one attached hydrogen (secondary N) is 2. The van der Waals surface area contributed by atoms with E-state index in [2.05, 4.69) is 26.7 Å². The van der Waals surface area contributed by atoms with Crippen molar-refractivity contribution in [3.8, 4) is 11.5 Å². The Morgan fingerprint density at radius 3 is 2.67 bits per heavy atom. The maximum absolute atomic E-state index is 6.32. The van der Waals surface area contributed by atoms with Crippen LogP contribution >= 0.6 is 35.6 Å². The molecular weight excluding hydrogens is 515 g/mol. The topological polar surface area (TPSA) is 67.8 Å². The number of halogens is 2. The average molecular weight is 545 g/mol. The molecule has 1 aromatic heterocycles. The second-order valence-electron chi connectivity index (χ2n) is 7.01. The molecule has 8 heteroatoms. The summed E-state index contributed by atoms with van der Waals surface area (Å²) < 4.78 is 11.9. The fourth-order valence-electron chi connectivity index (χ4n) is 3.36. The third-order valence-corrected chi connectivity index (χ3v) is 5.09. The molecule has 1 heterocycles. The van der Waals surface area contributed by atoms with Crippen LogP contribution in [0.3, 0.4) is 0 Å². The van der Waals surface area contributed by atoms with Crippen LogP contribution in [0.4, 0.5) is 0 Å². The standard InChI is InChI=1S/C22H29ClN4O2.HI/c1-3-24-22(26-14-16-11-12-20(23)25-13-16)27-15-17-7-6-10-19(28-2)21(17)29-18-8-4-5-9-18;/h6-7,10-13,18H,3-5,8-9,14-15H2,1-2H3,(H2,24,26,27);1H. The lowest BCUT2D eigenvalue weighted by Crippen LogP contribution is -2.37. The van der Waals surface area contributed by atoms with Gasteiger partial charge in [-0.05, 0) is 50.3 Å². The summed E-state index contributed by atoms with van der Waals surface area (Å²) in [5, 5.41) is 7.15. The van der Waals surface area contributed by atoms with Crippen LogP contribution in [0.25, 0.3) is 0 Å². The largest absolute Gasteiger partial charge is 0.493 e. The van der Waals surface area contributed by atoms with Crippen LogP contribution in [0.5, 0.6) is 11.5 Å². The molecule has 0 radical (unpaired) electrons. The first kappa shape index (κ1) is 24.5. The van der Waals surface area contributed by atoms with Crippen molar-refractivity contribution >= 4 is 41.5 Å². The first-order valence-electron chi connectivity index (χ1n) is 10.1. The van der Waals surface area contributed by atoms with Crippen LogP contribution < -0.4 is 20.1 Å². The molecule has 0 atom stereocenters. The molecule has 1 aliphatic carbocycles. The van der Waals surface area contributed by atoms with Gasteiger partial charge in [-0.15, -0.1) is 24.0 Å². The molecule has 1 aromatic carbocycles. The summed E-state index contributed by atoms with van der Waals surface area (Å²) in [4.78, 5) is 8.74. The molecule has 1 saturated carbocycles. The molecule has 164 valence electrons. The van der Waals surface area contributed by atoms with E-state index in [1.165, 1.54) is 12.8 Å². The molecule has 0 aliphatic heterocycles. The van der Waals surface area contributed by atoms with Gasteiger partial charge in [-0.3, -0.25) is 0 Å². The number of pyridine rings is 1. The van der Waals surface area contributed by atoms with E-state index in [-0.39, 0.29) is 30.1 Å². The molecule has 2 N–H and O–H groups in total. The number of hydrogen-bond acceptors (Lipinski definition) is 4. The Kier molecular flexibility index (Phi) is 10.5. The number of aromatic nitrogens is 1. The Bertz CT molecular complexity index is 811. The normalized spacial score (nSPS) is 14.2. The summed E-state index contributed by atoms with van der Waals surface area (Å²) in [5.41, 5.74) is 2.05. The SMILES string of the molecule is CCNC(=NCc1ccc(Cl)nc1)NCc1cccc(OC)c1OC1CCCC1.I. The predicted octanol–water partition coefficient (Wildman–Crippen LogP) is 4.94. The number of hydrogen-bond donors (Lipinski definition) is 2. The number of nitrogens with zero attached hydrogens (tertiary/aromatic N) is 2. The summed E-state index contributed by atoms with van der Waals surface area (Å²) in [6.07, 6.45) is 6.66. The quantitative estimate of drug-likeness (QED) is 0.213. The molecule has 0 amide bonds. The first-order chi connectivity index (χ1) is 14.2. The molecule has 2 aromatic rings. The molecule has 0 unspecified atom stereocenters. The van der Waals surface area contributed by atoms with E-state index in [0.29, 0.717) is 18.2 Å². The second kappa shape index (κ2) is 12.8. The smallest absolute Gasteiger partial charge is 0.191 e. The number of benzene rings is 1. The second-order valence-corrected chi connectivity index (χ2v) is 7.40. The summed E-state index contributed by atoms with van der Waals surface area (Å²) in [6, 6.07) is 9.70. The summed E-state index contributed by atoms with van der Waals surface area (Å²) in [6.45, 7) is 3.92. The monoisotopic (exact) mass is 544 g/mol. The van der Waals surface area contributed by atoms with Gasteiger partial charge in [0, 0.05) is 24.8 Å². The van der Waals surface area contributed by atoms with Crippen molar-refractivity contribution in [2.75, 3.05) is 13.7 Å². The van der Waals surface area contributed by atoms with Gasteiger partial charge in [-0.1, -0.05) is 29.8 Å². The van der Waals surface area contributed by atoms with Crippen LogP contribution in [0.1, 0.15) is 43.7 Å². The van der Waals surface area contributed by atoms with Gasteiger partial charge in [0.25, 0.3) is 0 Å². The zero-order chi connectivity index (χ0) is 20.5. The van der Waals surface area contributed by atoms with Crippen molar-refractivity contribution in [3.63, 3.8) is 0 Å². The lowest BCUT2D eigenvalue weighted by molar-refractivity contribution is 0.198. The van der Waals surface area contributed by atoms with Crippen molar-refractivity contribution in [2.24, 2.45) is 4.99 Å². The molecule has 0 bridgehead atoms. The third-order valence-electron chi connectivity index (χ3n) is 4.87. The Morgan fingerprint density at radius 2 is 2.00 bits per heavy atom. The zero-order valence-electron chi connectivity index (χ0n) is 17.5. The van der Waals surface area contributed by atoms with Crippen LogP contribution in [-0.2, 0) is 13.1 Å². The van der Waals surface area contributed by atoms with Gasteiger partial charge in [0.05, 0.1) is 19.8 Å². The maximum atomic E-state index is 6.32. The van der Waals surface area contributed by atoms with E-state index < -0.39 is 0 Å². The third kappa shape index (κ3) is 7.19. The van der Waals surface area contributed by atoms with Gasteiger partial charge in [0.1, 0.15) is 5.15 Å². The van der Waals surface area contributed by atoms with E-state index in [1.807, 2.05) is 25.1 Å². The van der Waals surface area contributed by atoms with E-state index in [9.17, 15) is 0 Å². The Labute approximate surface area is 200 Å². The Balaban J connectivity index is 0.00000320. The van der Waals surface area contributed by atoms with Crippen molar-refractivity contribution < 1.29 is 9.47 Å². The van der Waals surface area contributed by atoms with Crippen LogP contribution in [0, 0.1) is 0 Å². The minimum absolute atomic E-state index is 0. The molecule has 30 heavy (non-hydrogen) atoms. The maximum Gasteiger partial charge on any atom is 0.191 e. The minimum Gasteiger partial charge on any atom is -0.493 e. The zero-order valence-corrected chi connectivity index (χ0v) is 20.6. The average Bonchev–Trinajstić information content (AvgIpc) is 3.25. The van der Waals surface area contributed by atoms with Crippen molar-refractivity contribution in [1.29, 1.82) is 0 Å². The lowest BCUT2D eigenvalue weighted by atomic mass is 10.1. The number of methoxy groups -OCH3 is 1. The molecular formula is C22H30ClIN4O2. The highest BCUT2D eigenvalue weighted by Crippen LogP contribution is 2.34. The van der Waals surface area contributed by atoms with Crippen molar-refractivity contribution in [2.45, 2.75) is 51.8 Å². The molecule has 0 spiro atoms. The first-order valence-corrected chi connectivity index (χ1v) is 10.5. The van der Waals surface area contributed by atoms with E-state index in [0.717, 1.165) is 48.0 Å². The summed E-state index contributed by atoms with van der Waals surface area (Å²) in [7, 11) is 1.68. The number of para-hydroxylation sites is 1. The summed E-state index contributed by atoms with van der Waals surface area (Å²) >= 11 is 5.85. The fourth-order valence-corrected chi connectivity index (χ4v) is 3.47. The number of guanidine groups is 1. The van der Waals surface area contributed by atoms with Crippen LogP contribution in [0.2, 0.25) is 5.15 Å². The van der Waals surface area contributed by atoms with Gasteiger partial charge in [0.2, 0.25) is 0 Å². The minimum atomic E-state index is 0. The van der Waals surface area contributed by atoms with Gasteiger partial charge in [-0.2, -0.15) is 0 Å². The van der Waals surface area contributed by atoms with E-state index in [1.54, 1.807) is 19.4 Å². The molecule has 1 fully saturated rings. The molecule has 0 saturated heterocycles. The van der Waals surface area contributed by atoms with E-state index in [4.69, 9.17) is 21.1 Å². The highest BCUT2D eigenvalue weighted by molar-refractivity contribution is 14.0. The van der Waals surface area contributed by atoms with Gasteiger partial charge < -0.3 is 20.1 Å². The van der Waals surface area contributed by atoms with Gasteiger partial charge in [0.15, 0.2) is 17.5 Å². The highest BCUT2D eigenvalue weighted by atomic mass is 127. The number of rotatable bonds is 8. The number of ether oxygens (including phenoxy) is 2. The fraction of sp³-hybridized carbons (Fsp3) is 0.455. The predicted molar refractivity (Wildman–Crippen MR) is 132 cm³/mol. The Morgan fingerprint density at radius 1 is 1.20 bits per heavy atom.